The Bertz CT molecular complexity index is 1120. The first kappa shape index (κ1) is 22.3. The molecule has 1 heterocycles. The number of anilines is 2. The van der Waals surface area contributed by atoms with E-state index in [1.807, 2.05) is 0 Å². The first-order valence-electron chi connectivity index (χ1n) is 10.3. The SMILES string of the molecule is NC(CC(=O)N(c1ccc(Cl)c(Cl)c1)C1CC1)c1ccc(C(=O)Nc2ccncc2)cc1. The number of nitrogens with zero attached hydrogens (tertiary/aromatic N) is 2. The summed E-state index contributed by atoms with van der Waals surface area (Å²) >= 11 is 12.2. The number of hydrogen-bond donors (Lipinski definition) is 2. The van der Waals surface area contributed by atoms with Gasteiger partial charge in [-0.25, -0.2) is 0 Å². The fourth-order valence-electron chi connectivity index (χ4n) is 3.45. The van der Waals surface area contributed by atoms with E-state index < -0.39 is 6.04 Å². The van der Waals surface area contributed by atoms with Gasteiger partial charge in [0.05, 0.1) is 10.0 Å². The van der Waals surface area contributed by atoms with Crippen LogP contribution in [0.15, 0.2) is 67.0 Å². The third-order valence-electron chi connectivity index (χ3n) is 5.30. The number of amides is 2. The van der Waals surface area contributed by atoms with Crippen LogP contribution < -0.4 is 16.0 Å². The van der Waals surface area contributed by atoms with Gasteiger partial charge in [0.1, 0.15) is 0 Å². The van der Waals surface area contributed by atoms with Gasteiger partial charge >= 0.3 is 0 Å². The van der Waals surface area contributed by atoms with Crippen molar-refractivity contribution in [3.05, 3.63) is 88.2 Å². The summed E-state index contributed by atoms with van der Waals surface area (Å²) in [5.74, 6) is -0.301. The normalized spacial score (nSPS) is 14.0. The lowest BCUT2D eigenvalue weighted by atomic mass is 10.0. The van der Waals surface area contributed by atoms with Crippen LogP contribution in [0.2, 0.25) is 10.0 Å². The van der Waals surface area contributed by atoms with Crippen LogP contribution in [-0.4, -0.2) is 22.8 Å². The van der Waals surface area contributed by atoms with Gasteiger partial charge in [0.2, 0.25) is 5.91 Å². The molecular weight excluding hydrogens is 447 g/mol. The van der Waals surface area contributed by atoms with E-state index in [1.165, 1.54) is 0 Å². The van der Waals surface area contributed by atoms with Crippen molar-refractivity contribution in [3.8, 4) is 0 Å². The third kappa shape index (κ3) is 5.27. The van der Waals surface area contributed by atoms with E-state index in [-0.39, 0.29) is 24.3 Å². The lowest BCUT2D eigenvalue weighted by molar-refractivity contribution is -0.119. The van der Waals surface area contributed by atoms with Crippen molar-refractivity contribution in [2.45, 2.75) is 31.3 Å². The second-order valence-electron chi connectivity index (χ2n) is 7.72. The molecule has 1 atom stereocenters. The minimum absolute atomic E-state index is 0.0714. The minimum atomic E-state index is -0.496. The second kappa shape index (κ2) is 9.69. The number of aromatic nitrogens is 1. The zero-order valence-corrected chi connectivity index (χ0v) is 18.7. The van der Waals surface area contributed by atoms with Crippen molar-refractivity contribution in [2.75, 3.05) is 10.2 Å². The van der Waals surface area contributed by atoms with Gasteiger partial charge in [-0.3, -0.25) is 14.6 Å². The first-order valence-corrected chi connectivity index (χ1v) is 11.0. The molecular formula is C24H22Cl2N4O2. The molecule has 1 aliphatic rings. The molecule has 0 radical (unpaired) electrons. The molecule has 2 aromatic carbocycles. The fraction of sp³-hybridized carbons (Fsp3) is 0.208. The van der Waals surface area contributed by atoms with E-state index in [0.717, 1.165) is 24.1 Å². The van der Waals surface area contributed by atoms with Crippen molar-refractivity contribution in [1.82, 2.24) is 4.98 Å². The Labute approximate surface area is 196 Å². The molecule has 164 valence electrons. The Balaban J connectivity index is 1.42. The predicted octanol–water partition coefficient (Wildman–Crippen LogP) is 5.23. The molecule has 32 heavy (non-hydrogen) atoms. The molecule has 6 nitrogen and oxygen atoms in total. The molecule has 4 rings (SSSR count). The molecule has 0 bridgehead atoms. The van der Waals surface area contributed by atoms with Crippen LogP contribution in [0.5, 0.6) is 0 Å². The molecule has 3 aromatic rings. The molecule has 8 heteroatoms. The van der Waals surface area contributed by atoms with E-state index in [1.54, 1.807) is 71.9 Å². The summed E-state index contributed by atoms with van der Waals surface area (Å²) in [6, 6.07) is 15.3. The van der Waals surface area contributed by atoms with Crippen molar-refractivity contribution in [1.29, 1.82) is 0 Å². The monoisotopic (exact) mass is 468 g/mol. The highest BCUT2D eigenvalue weighted by molar-refractivity contribution is 6.42. The van der Waals surface area contributed by atoms with Gasteiger partial charge in [0.25, 0.3) is 5.91 Å². The van der Waals surface area contributed by atoms with Crippen molar-refractivity contribution in [2.24, 2.45) is 5.73 Å². The zero-order valence-electron chi connectivity index (χ0n) is 17.2. The van der Waals surface area contributed by atoms with E-state index in [2.05, 4.69) is 10.3 Å². The largest absolute Gasteiger partial charge is 0.324 e. The summed E-state index contributed by atoms with van der Waals surface area (Å²) in [6.07, 6.45) is 5.25. The van der Waals surface area contributed by atoms with Gasteiger partial charge < -0.3 is 16.0 Å². The molecule has 3 N–H and O–H groups in total. The number of carbonyl (C=O) groups excluding carboxylic acids is 2. The molecule has 0 aliphatic heterocycles. The Hall–Kier alpha value is -2.93. The lowest BCUT2D eigenvalue weighted by Crippen LogP contribution is -2.35. The smallest absolute Gasteiger partial charge is 0.255 e. The zero-order chi connectivity index (χ0) is 22.7. The molecule has 1 aliphatic carbocycles. The van der Waals surface area contributed by atoms with Crippen molar-refractivity contribution < 1.29 is 9.59 Å². The summed E-state index contributed by atoms with van der Waals surface area (Å²) in [5.41, 5.74) is 9.00. The number of nitrogens with one attached hydrogen (secondary N) is 1. The summed E-state index contributed by atoms with van der Waals surface area (Å²) < 4.78 is 0. The molecule has 2 amide bonds. The summed E-state index contributed by atoms with van der Waals surface area (Å²) in [7, 11) is 0. The first-order chi connectivity index (χ1) is 15.4. The Kier molecular flexibility index (Phi) is 6.74. The van der Waals surface area contributed by atoms with Gasteiger partial charge in [-0.1, -0.05) is 35.3 Å². The van der Waals surface area contributed by atoms with Crippen LogP contribution in [0.1, 0.15) is 41.2 Å². The molecule has 0 spiro atoms. The van der Waals surface area contributed by atoms with Gasteiger partial charge in [0.15, 0.2) is 0 Å². The number of hydrogen-bond acceptors (Lipinski definition) is 4. The lowest BCUT2D eigenvalue weighted by Gasteiger charge is -2.25. The molecule has 1 aromatic heterocycles. The highest BCUT2D eigenvalue weighted by atomic mass is 35.5. The summed E-state index contributed by atoms with van der Waals surface area (Å²) in [5, 5.41) is 3.67. The fourth-order valence-corrected chi connectivity index (χ4v) is 3.74. The number of carbonyl (C=O) groups is 2. The number of benzene rings is 2. The minimum Gasteiger partial charge on any atom is -0.324 e. The van der Waals surface area contributed by atoms with E-state index >= 15 is 0 Å². The summed E-state index contributed by atoms with van der Waals surface area (Å²) in [6.45, 7) is 0. The Morgan fingerprint density at radius 3 is 2.34 bits per heavy atom. The maximum atomic E-state index is 13.1. The standard InChI is InChI=1S/C24H22Cl2N4O2/c25-20-8-7-19(13-21(20)26)30(18-5-6-18)23(31)14-22(27)15-1-3-16(4-2-15)24(32)29-17-9-11-28-12-10-17/h1-4,7-13,18,22H,5-6,14,27H2,(H,28,29,32). The van der Waals surface area contributed by atoms with Gasteiger partial charge in [-0.05, 0) is 60.9 Å². The van der Waals surface area contributed by atoms with E-state index in [9.17, 15) is 9.59 Å². The number of rotatable bonds is 7. The third-order valence-corrected chi connectivity index (χ3v) is 6.03. The maximum Gasteiger partial charge on any atom is 0.255 e. The van der Waals surface area contributed by atoms with E-state index in [0.29, 0.717) is 21.3 Å². The highest BCUT2D eigenvalue weighted by Gasteiger charge is 2.34. The Morgan fingerprint density at radius 2 is 1.72 bits per heavy atom. The molecule has 1 fully saturated rings. The molecule has 0 saturated heterocycles. The van der Waals surface area contributed by atoms with Crippen LogP contribution in [0.3, 0.4) is 0 Å². The van der Waals surface area contributed by atoms with Crippen LogP contribution >= 0.6 is 23.2 Å². The molecule has 1 saturated carbocycles. The van der Waals surface area contributed by atoms with Crippen molar-refractivity contribution >= 4 is 46.4 Å². The van der Waals surface area contributed by atoms with Crippen LogP contribution in [0, 0.1) is 0 Å². The maximum absolute atomic E-state index is 13.1. The Morgan fingerprint density at radius 1 is 1.03 bits per heavy atom. The van der Waals surface area contributed by atoms with Crippen molar-refractivity contribution in [3.63, 3.8) is 0 Å². The second-order valence-corrected chi connectivity index (χ2v) is 8.53. The van der Waals surface area contributed by atoms with Crippen LogP contribution in [0.25, 0.3) is 0 Å². The quantitative estimate of drug-likeness (QED) is 0.496. The van der Waals surface area contributed by atoms with Gasteiger partial charge in [0, 0.05) is 47.8 Å². The average molecular weight is 469 g/mol. The van der Waals surface area contributed by atoms with Crippen LogP contribution in [0.4, 0.5) is 11.4 Å². The number of pyridine rings is 1. The average Bonchev–Trinajstić information content (AvgIpc) is 3.62. The highest BCUT2D eigenvalue weighted by Crippen LogP contribution is 2.36. The number of nitrogens with two attached hydrogens (primary N) is 1. The predicted molar refractivity (Wildman–Crippen MR) is 127 cm³/mol. The van der Waals surface area contributed by atoms with Crippen LogP contribution in [-0.2, 0) is 4.79 Å². The number of halogens is 2. The van der Waals surface area contributed by atoms with Gasteiger partial charge in [-0.2, -0.15) is 0 Å². The molecule has 1 unspecified atom stereocenters. The topological polar surface area (TPSA) is 88.3 Å². The van der Waals surface area contributed by atoms with Gasteiger partial charge in [-0.15, -0.1) is 0 Å². The van der Waals surface area contributed by atoms with E-state index in [4.69, 9.17) is 28.9 Å². The summed E-state index contributed by atoms with van der Waals surface area (Å²) in [4.78, 5) is 31.2.